The normalized spacial score (nSPS) is 15.5. The van der Waals surface area contributed by atoms with Crippen molar-refractivity contribution in [3.8, 4) is 5.75 Å². The molecule has 0 spiro atoms. The Kier molecular flexibility index (Phi) is 5.94. The number of amides is 1. The van der Waals surface area contributed by atoms with E-state index in [0.717, 1.165) is 18.8 Å². The monoisotopic (exact) mass is 338 g/mol. The molecule has 0 radical (unpaired) electrons. The van der Waals surface area contributed by atoms with Crippen molar-refractivity contribution in [2.24, 2.45) is 0 Å². The number of nitrogens with zero attached hydrogens (tertiary/aromatic N) is 1. The summed E-state index contributed by atoms with van der Waals surface area (Å²) in [6, 6.07) is 17.6. The van der Waals surface area contributed by atoms with Crippen LogP contribution in [-0.2, 0) is 4.79 Å². The summed E-state index contributed by atoms with van der Waals surface area (Å²) in [6.45, 7) is 4.19. The number of carbonyl (C=O) groups is 1. The fraction of sp³-hybridized carbons (Fsp3) is 0.381. The lowest BCUT2D eigenvalue weighted by Crippen LogP contribution is -2.32. The zero-order chi connectivity index (χ0) is 17.5. The van der Waals surface area contributed by atoms with Crippen molar-refractivity contribution in [2.45, 2.75) is 38.7 Å². The lowest BCUT2D eigenvalue weighted by Gasteiger charge is -2.28. The highest BCUT2D eigenvalue weighted by molar-refractivity contribution is 5.94. The van der Waals surface area contributed by atoms with Crippen LogP contribution in [0.4, 0.5) is 11.4 Å². The minimum Gasteiger partial charge on any atom is -0.481 e. The number of rotatable bonds is 6. The Morgan fingerprint density at radius 2 is 1.72 bits per heavy atom. The molecule has 1 saturated heterocycles. The first-order chi connectivity index (χ1) is 12.3. The average molecular weight is 338 g/mol. The lowest BCUT2D eigenvalue weighted by atomic mass is 10.1. The zero-order valence-corrected chi connectivity index (χ0v) is 14.8. The van der Waals surface area contributed by atoms with Gasteiger partial charge in [-0.3, -0.25) is 4.79 Å². The van der Waals surface area contributed by atoms with E-state index < -0.39 is 6.10 Å². The average Bonchev–Trinajstić information content (AvgIpc) is 2.68. The molecule has 2 aromatic carbocycles. The Morgan fingerprint density at radius 3 is 2.36 bits per heavy atom. The molecule has 1 fully saturated rings. The van der Waals surface area contributed by atoms with Gasteiger partial charge in [0.1, 0.15) is 5.75 Å². The van der Waals surface area contributed by atoms with Gasteiger partial charge in [-0.05, 0) is 62.1 Å². The third-order valence-electron chi connectivity index (χ3n) is 4.54. The predicted octanol–water partition coefficient (Wildman–Crippen LogP) is 4.47. The Morgan fingerprint density at radius 1 is 1.04 bits per heavy atom. The molecule has 0 saturated carbocycles. The van der Waals surface area contributed by atoms with Crippen LogP contribution in [0.5, 0.6) is 5.75 Å². The zero-order valence-electron chi connectivity index (χ0n) is 14.8. The number of piperidine rings is 1. The van der Waals surface area contributed by atoms with Crippen LogP contribution in [-0.4, -0.2) is 25.1 Å². The Labute approximate surface area is 149 Å². The molecule has 1 N–H and O–H groups in total. The molecule has 0 bridgehead atoms. The van der Waals surface area contributed by atoms with Gasteiger partial charge in [0.25, 0.3) is 5.91 Å². The highest BCUT2D eigenvalue weighted by atomic mass is 16.5. The summed E-state index contributed by atoms with van der Waals surface area (Å²) in [5, 5.41) is 2.96. The number of hydrogen-bond acceptors (Lipinski definition) is 3. The van der Waals surface area contributed by atoms with Gasteiger partial charge in [-0.1, -0.05) is 25.1 Å². The fourth-order valence-corrected chi connectivity index (χ4v) is 3.12. The first kappa shape index (κ1) is 17.3. The second kappa shape index (κ2) is 8.56. The van der Waals surface area contributed by atoms with Crippen LogP contribution in [0.1, 0.15) is 32.6 Å². The van der Waals surface area contributed by atoms with Gasteiger partial charge < -0.3 is 15.0 Å². The van der Waals surface area contributed by atoms with Crippen LogP contribution in [0.25, 0.3) is 0 Å². The minimum absolute atomic E-state index is 0.114. The third kappa shape index (κ3) is 4.75. The van der Waals surface area contributed by atoms with Crippen molar-refractivity contribution in [3.63, 3.8) is 0 Å². The molecule has 0 aliphatic carbocycles. The van der Waals surface area contributed by atoms with Gasteiger partial charge in [0.2, 0.25) is 0 Å². The quantitative estimate of drug-likeness (QED) is 0.845. The molecule has 1 amide bonds. The molecule has 2 aromatic rings. The summed E-state index contributed by atoms with van der Waals surface area (Å²) in [4.78, 5) is 14.9. The topological polar surface area (TPSA) is 41.6 Å². The summed E-state index contributed by atoms with van der Waals surface area (Å²) in [6.07, 6.45) is 3.96. The number of anilines is 2. The molecule has 1 heterocycles. The van der Waals surface area contributed by atoms with Crippen LogP contribution in [0.2, 0.25) is 0 Å². The maximum Gasteiger partial charge on any atom is 0.265 e. The van der Waals surface area contributed by atoms with E-state index in [1.54, 1.807) is 0 Å². The number of para-hydroxylation sites is 1. The Balaban J connectivity index is 1.59. The SMILES string of the molecule is CC[C@H](Oc1ccccc1)C(=O)Nc1ccc(N2CCCCC2)cc1. The van der Waals surface area contributed by atoms with Crippen LogP contribution in [0, 0.1) is 0 Å². The Hall–Kier alpha value is -2.49. The summed E-state index contributed by atoms with van der Waals surface area (Å²) >= 11 is 0. The van der Waals surface area contributed by atoms with E-state index in [2.05, 4.69) is 22.3 Å². The van der Waals surface area contributed by atoms with Crippen LogP contribution < -0.4 is 15.0 Å². The smallest absolute Gasteiger partial charge is 0.265 e. The summed E-state index contributed by atoms with van der Waals surface area (Å²) in [7, 11) is 0. The molecule has 0 aromatic heterocycles. The molecule has 4 heteroatoms. The van der Waals surface area contributed by atoms with Crippen LogP contribution in [0.3, 0.4) is 0 Å². The molecule has 4 nitrogen and oxygen atoms in total. The van der Waals surface area contributed by atoms with E-state index in [9.17, 15) is 4.79 Å². The summed E-state index contributed by atoms with van der Waals surface area (Å²) < 4.78 is 5.80. The maximum atomic E-state index is 12.5. The van der Waals surface area contributed by atoms with Crippen molar-refractivity contribution in [1.82, 2.24) is 0 Å². The van der Waals surface area contributed by atoms with Crippen molar-refractivity contribution < 1.29 is 9.53 Å². The van der Waals surface area contributed by atoms with E-state index in [4.69, 9.17) is 4.74 Å². The first-order valence-electron chi connectivity index (χ1n) is 9.14. The van der Waals surface area contributed by atoms with Gasteiger partial charge in [-0.25, -0.2) is 0 Å². The molecule has 132 valence electrons. The standard InChI is InChI=1S/C21H26N2O2/c1-2-20(25-19-9-5-3-6-10-19)21(24)22-17-11-13-18(14-12-17)23-15-7-4-8-16-23/h3,5-6,9-14,20H,2,4,7-8,15-16H2,1H3,(H,22,24)/t20-/m0/s1. The molecule has 0 unspecified atom stereocenters. The molecular weight excluding hydrogens is 312 g/mol. The molecule has 25 heavy (non-hydrogen) atoms. The first-order valence-corrected chi connectivity index (χ1v) is 9.14. The second-order valence-corrected chi connectivity index (χ2v) is 6.41. The van der Waals surface area contributed by atoms with Crippen molar-refractivity contribution >= 4 is 17.3 Å². The van der Waals surface area contributed by atoms with Gasteiger partial charge in [-0.15, -0.1) is 0 Å². The van der Waals surface area contributed by atoms with E-state index in [1.165, 1.54) is 24.9 Å². The highest BCUT2D eigenvalue weighted by Gasteiger charge is 2.18. The van der Waals surface area contributed by atoms with Gasteiger partial charge in [0.15, 0.2) is 6.10 Å². The molecular formula is C21H26N2O2. The van der Waals surface area contributed by atoms with Gasteiger partial charge >= 0.3 is 0 Å². The summed E-state index contributed by atoms with van der Waals surface area (Å²) in [5.41, 5.74) is 2.03. The minimum atomic E-state index is -0.496. The van der Waals surface area contributed by atoms with E-state index in [-0.39, 0.29) is 5.91 Å². The van der Waals surface area contributed by atoms with Crippen LogP contribution in [0.15, 0.2) is 54.6 Å². The third-order valence-corrected chi connectivity index (χ3v) is 4.54. The molecule has 1 atom stereocenters. The number of hydrogen-bond donors (Lipinski definition) is 1. The van der Waals surface area contributed by atoms with Crippen LogP contribution >= 0.6 is 0 Å². The van der Waals surface area contributed by atoms with E-state index >= 15 is 0 Å². The van der Waals surface area contributed by atoms with Crippen molar-refractivity contribution in [3.05, 3.63) is 54.6 Å². The summed E-state index contributed by atoms with van der Waals surface area (Å²) in [5.74, 6) is 0.599. The van der Waals surface area contributed by atoms with Gasteiger partial charge in [-0.2, -0.15) is 0 Å². The fourth-order valence-electron chi connectivity index (χ4n) is 3.12. The maximum absolute atomic E-state index is 12.5. The number of nitrogens with one attached hydrogen (secondary N) is 1. The molecule has 1 aliphatic heterocycles. The van der Waals surface area contributed by atoms with E-state index in [0.29, 0.717) is 12.2 Å². The lowest BCUT2D eigenvalue weighted by molar-refractivity contribution is -0.122. The molecule has 3 rings (SSSR count). The number of ether oxygens (including phenoxy) is 1. The molecule has 1 aliphatic rings. The van der Waals surface area contributed by atoms with Gasteiger partial charge in [0, 0.05) is 24.5 Å². The highest BCUT2D eigenvalue weighted by Crippen LogP contribution is 2.22. The van der Waals surface area contributed by atoms with Crippen molar-refractivity contribution in [1.29, 1.82) is 0 Å². The predicted molar refractivity (Wildman–Crippen MR) is 102 cm³/mol. The number of benzene rings is 2. The second-order valence-electron chi connectivity index (χ2n) is 6.41. The van der Waals surface area contributed by atoms with E-state index in [1.807, 2.05) is 49.4 Å². The van der Waals surface area contributed by atoms with Crippen molar-refractivity contribution in [2.75, 3.05) is 23.3 Å². The van der Waals surface area contributed by atoms with Gasteiger partial charge in [0.05, 0.1) is 0 Å². The number of carbonyl (C=O) groups excluding carboxylic acids is 1. The Bertz CT molecular complexity index is 664. The largest absolute Gasteiger partial charge is 0.481 e.